The number of urea groups is 1. The topological polar surface area (TPSA) is 41.1 Å². The molecule has 0 spiro atoms. The second-order valence-electron chi connectivity index (χ2n) is 5.35. The molecular formula is C19H18N2OS. The van der Waals surface area contributed by atoms with E-state index < -0.39 is 0 Å². The van der Waals surface area contributed by atoms with Crippen LogP contribution in [0.3, 0.4) is 0 Å². The smallest absolute Gasteiger partial charge is 0.319 e. The SMILES string of the molecule is Cc1cccc(NC(=O)NCc2ccccc2-c2ccsc2)c1. The van der Waals surface area contributed by atoms with E-state index in [2.05, 4.69) is 33.5 Å². The zero-order valence-electron chi connectivity index (χ0n) is 12.9. The summed E-state index contributed by atoms with van der Waals surface area (Å²) >= 11 is 1.67. The Labute approximate surface area is 140 Å². The lowest BCUT2D eigenvalue weighted by molar-refractivity contribution is 0.252. The number of carbonyl (C=O) groups excluding carboxylic acids is 1. The van der Waals surface area contributed by atoms with E-state index in [1.807, 2.05) is 49.4 Å². The minimum atomic E-state index is -0.198. The second-order valence-corrected chi connectivity index (χ2v) is 6.13. The van der Waals surface area contributed by atoms with Crippen LogP contribution in [-0.4, -0.2) is 6.03 Å². The molecule has 116 valence electrons. The number of benzene rings is 2. The summed E-state index contributed by atoms with van der Waals surface area (Å²) in [5.74, 6) is 0. The summed E-state index contributed by atoms with van der Waals surface area (Å²) in [4.78, 5) is 12.1. The molecule has 0 bridgehead atoms. The zero-order chi connectivity index (χ0) is 16.1. The molecule has 1 aromatic heterocycles. The minimum absolute atomic E-state index is 0.198. The van der Waals surface area contributed by atoms with Crippen LogP contribution in [0.2, 0.25) is 0 Å². The van der Waals surface area contributed by atoms with Gasteiger partial charge in [0, 0.05) is 12.2 Å². The van der Waals surface area contributed by atoms with E-state index in [-0.39, 0.29) is 6.03 Å². The largest absolute Gasteiger partial charge is 0.334 e. The molecule has 0 saturated heterocycles. The molecule has 2 aromatic carbocycles. The second kappa shape index (κ2) is 7.11. The highest BCUT2D eigenvalue weighted by molar-refractivity contribution is 7.08. The Morgan fingerprint density at radius 2 is 1.96 bits per heavy atom. The van der Waals surface area contributed by atoms with Gasteiger partial charge in [-0.1, -0.05) is 36.4 Å². The number of hydrogen-bond donors (Lipinski definition) is 2. The number of nitrogens with one attached hydrogen (secondary N) is 2. The van der Waals surface area contributed by atoms with E-state index >= 15 is 0 Å². The highest BCUT2D eigenvalue weighted by Crippen LogP contribution is 2.25. The molecule has 0 atom stereocenters. The van der Waals surface area contributed by atoms with Crippen molar-refractivity contribution in [2.45, 2.75) is 13.5 Å². The van der Waals surface area contributed by atoms with E-state index in [9.17, 15) is 4.79 Å². The lowest BCUT2D eigenvalue weighted by atomic mass is 10.0. The summed E-state index contributed by atoms with van der Waals surface area (Å²) in [6.45, 7) is 2.49. The average Bonchev–Trinajstić information content (AvgIpc) is 3.07. The lowest BCUT2D eigenvalue weighted by Gasteiger charge is -2.11. The molecule has 0 radical (unpaired) electrons. The van der Waals surface area contributed by atoms with Crippen LogP contribution in [0.1, 0.15) is 11.1 Å². The third kappa shape index (κ3) is 3.99. The molecule has 2 N–H and O–H groups in total. The monoisotopic (exact) mass is 322 g/mol. The number of anilines is 1. The van der Waals surface area contributed by atoms with E-state index in [4.69, 9.17) is 0 Å². The van der Waals surface area contributed by atoms with Crippen molar-refractivity contribution >= 4 is 23.1 Å². The van der Waals surface area contributed by atoms with Crippen LogP contribution < -0.4 is 10.6 Å². The Morgan fingerprint density at radius 1 is 1.09 bits per heavy atom. The van der Waals surface area contributed by atoms with Crippen molar-refractivity contribution in [2.24, 2.45) is 0 Å². The van der Waals surface area contributed by atoms with E-state index in [1.54, 1.807) is 11.3 Å². The summed E-state index contributed by atoms with van der Waals surface area (Å²) < 4.78 is 0. The number of hydrogen-bond acceptors (Lipinski definition) is 2. The van der Waals surface area contributed by atoms with Gasteiger partial charge in [-0.25, -0.2) is 4.79 Å². The van der Waals surface area contributed by atoms with Crippen LogP contribution in [0.5, 0.6) is 0 Å². The molecule has 0 aliphatic rings. The molecule has 0 fully saturated rings. The van der Waals surface area contributed by atoms with Gasteiger partial charge < -0.3 is 10.6 Å². The third-order valence-electron chi connectivity index (χ3n) is 3.56. The Balaban J connectivity index is 1.66. The molecular weight excluding hydrogens is 304 g/mol. The van der Waals surface area contributed by atoms with E-state index in [0.29, 0.717) is 6.54 Å². The maximum Gasteiger partial charge on any atom is 0.319 e. The first kappa shape index (κ1) is 15.3. The van der Waals surface area contributed by atoms with Crippen molar-refractivity contribution in [1.82, 2.24) is 5.32 Å². The first-order valence-electron chi connectivity index (χ1n) is 7.44. The van der Waals surface area contributed by atoms with E-state index in [1.165, 1.54) is 5.56 Å². The molecule has 23 heavy (non-hydrogen) atoms. The van der Waals surface area contributed by atoms with Gasteiger partial charge >= 0.3 is 6.03 Å². The fraction of sp³-hybridized carbons (Fsp3) is 0.105. The van der Waals surface area contributed by atoms with Crippen LogP contribution in [-0.2, 0) is 6.54 Å². The van der Waals surface area contributed by atoms with Crippen molar-refractivity contribution in [3.63, 3.8) is 0 Å². The maximum atomic E-state index is 12.1. The average molecular weight is 322 g/mol. The van der Waals surface area contributed by atoms with Crippen LogP contribution in [0.25, 0.3) is 11.1 Å². The Kier molecular flexibility index (Phi) is 4.74. The molecule has 0 saturated carbocycles. The van der Waals surface area contributed by atoms with Crippen molar-refractivity contribution < 1.29 is 4.79 Å². The van der Waals surface area contributed by atoms with Crippen LogP contribution in [0.15, 0.2) is 65.4 Å². The van der Waals surface area contributed by atoms with E-state index in [0.717, 1.165) is 22.4 Å². The van der Waals surface area contributed by atoms with Gasteiger partial charge in [0.05, 0.1) is 0 Å². The highest BCUT2D eigenvalue weighted by atomic mass is 32.1. The minimum Gasteiger partial charge on any atom is -0.334 e. The molecule has 0 unspecified atom stereocenters. The summed E-state index contributed by atoms with van der Waals surface area (Å²) in [5.41, 5.74) is 5.36. The molecule has 1 heterocycles. The van der Waals surface area contributed by atoms with Gasteiger partial charge in [-0.15, -0.1) is 0 Å². The Morgan fingerprint density at radius 3 is 2.74 bits per heavy atom. The van der Waals surface area contributed by atoms with Crippen LogP contribution >= 0.6 is 11.3 Å². The predicted octanol–water partition coefficient (Wildman–Crippen LogP) is 5.05. The van der Waals surface area contributed by atoms with Crippen LogP contribution in [0, 0.1) is 6.92 Å². The zero-order valence-corrected chi connectivity index (χ0v) is 13.7. The maximum absolute atomic E-state index is 12.1. The molecule has 3 aromatic rings. The van der Waals surface area contributed by atoms with Crippen molar-refractivity contribution in [3.8, 4) is 11.1 Å². The molecule has 3 nitrogen and oxygen atoms in total. The summed E-state index contributed by atoms with van der Waals surface area (Å²) in [6, 6.07) is 17.8. The van der Waals surface area contributed by atoms with Gasteiger partial charge in [-0.05, 0) is 58.1 Å². The quantitative estimate of drug-likeness (QED) is 0.694. The normalized spacial score (nSPS) is 10.3. The third-order valence-corrected chi connectivity index (χ3v) is 4.25. The number of amides is 2. The summed E-state index contributed by atoms with van der Waals surface area (Å²) in [7, 11) is 0. The van der Waals surface area contributed by atoms with Crippen molar-refractivity contribution in [2.75, 3.05) is 5.32 Å². The summed E-state index contributed by atoms with van der Waals surface area (Å²) in [5, 5.41) is 9.96. The van der Waals surface area contributed by atoms with Gasteiger partial charge in [0.15, 0.2) is 0 Å². The number of rotatable bonds is 4. The molecule has 0 aliphatic heterocycles. The van der Waals surface area contributed by atoms with Gasteiger partial charge in [-0.3, -0.25) is 0 Å². The predicted molar refractivity (Wildman–Crippen MR) is 96.8 cm³/mol. The number of aryl methyl sites for hydroxylation is 1. The van der Waals surface area contributed by atoms with Gasteiger partial charge in [-0.2, -0.15) is 11.3 Å². The fourth-order valence-electron chi connectivity index (χ4n) is 2.45. The Hall–Kier alpha value is -2.59. The van der Waals surface area contributed by atoms with Gasteiger partial charge in [0.25, 0.3) is 0 Å². The molecule has 0 aliphatic carbocycles. The number of thiophene rings is 1. The standard InChI is InChI=1S/C19H18N2OS/c1-14-5-4-7-17(11-14)21-19(22)20-12-15-6-2-3-8-18(15)16-9-10-23-13-16/h2-11,13H,12H2,1H3,(H2,20,21,22). The number of carbonyl (C=O) groups is 1. The first-order chi connectivity index (χ1) is 11.2. The van der Waals surface area contributed by atoms with Crippen molar-refractivity contribution in [1.29, 1.82) is 0 Å². The first-order valence-corrected chi connectivity index (χ1v) is 8.38. The van der Waals surface area contributed by atoms with Gasteiger partial charge in [0.2, 0.25) is 0 Å². The molecule has 3 rings (SSSR count). The lowest BCUT2D eigenvalue weighted by Crippen LogP contribution is -2.28. The van der Waals surface area contributed by atoms with Crippen molar-refractivity contribution in [3.05, 3.63) is 76.5 Å². The summed E-state index contributed by atoms with van der Waals surface area (Å²) in [6.07, 6.45) is 0. The molecule has 4 heteroatoms. The van der Waals surface area contributed by atoms with Gasteiger partial charge in [0.1, 0.15) is 0 Å². The molecule has 2 amide bonds. The van der Waals surface area contributed by atoms with Crippen LogP contribution in [0.4, 0.5) is 10.5 Å². The fourth-order valence-corrected chi connectivity index (χ4v) is 3.10. The highest BCUT2D eigenvalue weighted by Gasteiger charge is 2.07. The Bertz CT molecular complexity index is 797.